The Bertz CT molecular complexity index is 1010. The van der Waals surface area contributed by atoms with Crippen LogP contribution in [0.1, 0.15) is 29.2 Å². The van der Waals surface area contributed by atoms with Crippen molar-refractivity contribution in [2.24, 2.45) is 5.10 Å². The maximum absolute atomic E-state index is 13.0. The van der Waals surface area contributed by atoms with E-state index in [0.717, 1.165) is 26.9 Å². The van der Waals surface area contributed by atoms with Crippen LogP contribution in [0.5, 0.6) is 0 Å². The third-order valence-electron chi connectivity index (χ3n) is 4.72. The standard InChI is InChI=1S/C24H19BrN2O/c25-21-14-12-20(13-15-21)23-17-22(19-9-5-2-6-10-19)26-27(23)24(28)16-11-18-7-3-1-4-8-18/h1-16,23H,17H2/b16-11+. The maximum Gasteiger partial charge on any atom is 0.267 e. The van der Waals surface area contributed by atoms with Gasteiger partial charge in [0.1, 0.15) is 0 Å². The van der Waals surface area contributed by atoms with Gasteiger partial charge in [0.2, 0.25) is 0 Å². The molecular formula is C24H19BrN2O. The molecule has 28 heavy (non-hydrogen) atoms. The molecule has 0 N–H and O–H groups in total. The number of halogens is 1. The molecule has 1 heterocycles. The number of benzene rings is 3. The van der Waals surface area contributed by atoms with E-state index in [1.165, 1.54) is 0 Å². The van der Waals surface area contributed by atoms with Crippen LogP contribution in [-0.2, 0) is 4.79 Å². The van der Waals surface area contributed by atoms with Gasteiger partial charge in [0.25, 0.3) is 5.91 Å². The first kappa shape index (κ1) is 18.4. The zero-order valence-electron chi connectivity index (χ0n) is 15.2. The van der Waals surface area contributed by atoms with E-state index in [1.807, 2.05) is 91.0 Å². The highest BCUT2D eigenvalue weighted by molar-refractivity contribution is 9.10. The molecule has 0 spiro atoms. The molecule has 0 saturated carbocycles. The molecule has 1 aliphatic heterocycles. The Hall–Kier alpha value is -2.98. The summed E-state index contributed by atoms with van der Waals surface area (Å²) in [6, 6.07) is 27.8. The summed E-state index contributed by atoms with van der Waals surface area (Å²) in [7, 11) is 0. The second kappa shape index (κ2) is 8.36. The van der Waals surface area contributed by atoms with Gasteiger partial charge in [-0.25, -0.2) is 5.01 Å². The average Bonchev–Trinajstić information content (AvgIpc) is 3.19. The van der Waals surface area contributed by atoms with Crippen LogP contribution in [0.15, 0.2) is 101 Å². The molecule has 0 radical (unpaired) electrons. The fourth-order valence-electron chi connectivity index (χ4n) is 3.27. The molecule has 1 aliphatic rings. The SMILES string of the molecule is O=C(/C=C/c1ccccc1)N1N=C(c2ccccc2)CC1c1ccc(Br)cc1. The van der Waals surface area contributed by atoms with E-state index < -0.39 is 0 Å². The van der Waals surface area contributed by atoms with Crippen LogP contribution < -0.4 is 0 Å². The molecule has 3 aromatic rings. The van der Waals surface area contributed by atoms with Crippen molar-refractivity contribution in [3.8, 4) is 0 Å². The minimum atomic E-state index is -0.122. The van der Waals surface area contributed by atoms with E-state index >= 15 is 0 Å². The van der Waals surface area contributed by atoms with Crippen molar-refractivity contribution < 1.29 is 4.79 Å². The quantitative estimate of drug-likeness (QED) is 0.478. The second-order valence-corrected chi connectivity index (χ2v) is 7.53. The lowest BCUT2D eigenvalue weighted by atomic mass is 9.98. The van der Waals surface area contributed by atoms with Gasteiger partial charge in [-0.2, -0.15) is 5.10 Å². The Labute approximate surface area is 173 Å². The Morgan fingerprint density at radius 2 is 1.57 bits per heavy atom. The molecule has 3 aromatic carbocycles. The van der Waals surface area contributed by atoms with Crippen molar-refractivity contribution in [2.75, 3.05) is 0 Å². The lowest BCUT2D eigenvalue weighted by Crippen LogP contribution is -2.25. The molecule has 3 nitrogen and oxygen atoms in total. The van der Waals surface area contributed by atoms with Gasteiger partial charge in [0.15, 0.2) is 0 Å². The van der Waals surface area contributed by atoms with E-state index in [4.69, 9.17) is 0 Å². The number of amides is 1. The molecule has 0 fully saturated rings. The van der Waals surface area contributed by atoms with Gasteiger partial charge in [0, 0.05) is 17.0 Å². The van der Waals surface area contributed by atoms with E-state index in [-0.39, 0.29) is 11.9 Å². The van der Waals surface area contributed by atoms with Crippen LogP contribution in [0.2, 0.25) is 0 Å². The van der Waals surface area contributed by atoms with E-state index in [1.54, 1.807) is 11.1 Å². The number of hydrazone groups is 1. The number of hydrogen-bond acceptors (Lipinski definition) is 2. The summed E-state index contributed by atoms with van der Waals surface area (Å²) in [5.41, 5.74) is 4.03. The molecule has 0 bridgehead atoms. The summed E-state index contributed by atoms with van der Waals surface area (Å²) < 4.78 is 1.01. The van der Waals surface area contributed by atoms with Crippen LogP contribution in [0, 0.1) is 0 Å². The molecule has 0 saturated heterocycles. The Balaban J connectivity index is 1.64. The van der Waals surface area contributed by atoms with Crippen molar-refractivity contribution >= 4 is 33.6 Å². The fourth-order valence-corrected chi connectivity index (χ4v) is 3.54. The predicted molar refractivity (Wildman–Crippen MR) is 117 cm³/mol. The molecule has 1 atom stereocenters. The van der Waals surface area contributed by atoms with Crippen LogP contribution >= 0.6 is 15.9 Å². The van der Waals surface area contributed by atoms with Crippen molar-refractivity contribution in [2.45, 2.75) is 12.5 Å². The number of carbonyl (C=O) groups is 1. The predicted octanol–water partition coefficient (Wildman–Crippen LogP) is 5.84. The molecule has 1 unspecified atom stereocenters. The van der Waals surface area contributed by atoms with Crippen molar-refractivity contribution in [3.05, 3.63) is 112 Å². The van der Waals surface area contributed by atoms with Gasteiger partial charge in [-0.05, 0) is 34.9 Å². The second-order valence-electron chi connectivity index (χ2n) is 6.61. The largest absolute Gasteiger partial charge is 0.268 e. The van der Waals surface area contributed by atoms with Gasteiger partial charge in [0.05, 0.1) is 11.8 Å². The highest BCUT2D eigenvalue weighted by Gasteiger charge is 2.32. The zero-order valence-corrected chi connectivity index (χ0v) is 16.8. The van der Waals surface area contributed by atoms with E-state index in [0.29, 0.717) is 6.42 Å². The smallest absolute Gasteiger partial charge is 0.267 e. The summed E-state index contributed by atoms with van der Waals surface area (Å²) in [6.45, 7) is 0. The first-order valence-electron chi connectivity index (χ1n) is 9.15. The number of hydrogen-bond donors (Lipinski definition) is 0. The number of carbonyl (C=O) groups excluding carboxylic acids is 1. The molecule has 138 valence electrons. The summed E-state index contributed by atoms with van der Waals surface area (Å²) >= 11 is 3.48. The lowest BCUT2D eigenvalue weighted by Gasteiger charge is -2.20. The van der Waals surface area contributed by atoms with Gasteiger partial charge < -0.3 is 0 Å². The molecule has 4 rings (SSSR count). The first-order chi connectivity index (χ1) is 13.7. The lowest BCUT2D eigenvalue weighted by molar-refractivity contribution is -0.127. The van der Waals surface area contributed by atoms with Crippen LogP contribution in [0.4, 0.5) is 0 Å². The molecule has 1 amide bonds. The Morgan fingerprint density at radius 3 is 2.25 bits per heavy atom. The molecule has 4 heteroatoms. The average molecular weight is 431 g/mol. The number of rotatable bonds is 4. The summed E-state index contributed by atoms with van der Waals surface area (Å²) in [4.78, 5) is 13.0. The van der Waals surface area contributed by atoms with Crippen LogP contribution in [-0.4, -0.2) is 16.6 Å². The van der Waals surface area contributed by atoms with Crippen molar-refractivity contribution in [1.82, 2.24) is 5.01 Å². The van der Waals surface area contributed by atoms with Gasteiger partial charge in [-0.3, -0.25) is 4.79 Å². The molecule has 0 aliphatic carbocycles. The van der Waals surface area contributed by atoms with Gasteiger partial charge in [-0.1, -0.05) is 88.7 Å². The minimum absolute atomic E-state index is 0.115. The number of nitrogens with zero attached hydrogens (tertiary/aromatic N) is 2. The molecule has 0 aromatic heterocycles. The Morgan fingerprint density at radius 1 is 0.929 bits per heavy atom. The zero-order chi connectivity index (χ0) is 19.3. The van der Waals surface area contributed by atoms with E-state index in [2.05, 4.69) is 21.0 Å². The fraction of sp³-hybridized carbons (Fsp3) is 0.0833. The Kier molecular flexibility index (Phi) is 5.49. The summed E-state index contributed by atoms with van der Waals surface area (Å²) in [5, 5.41) is 6.29. The maximum atomic E-state index is 13.0. The monoisotopic (exact) mass is 430 g/mol. The minimum Gasteiger partial charge on any atom is -0.268 e. The van der Waals surface area contributed by atoms with E-state index in [9.17, 15) is 4.79 Å². The van der Waals surface area contributed by atoms with Gasteiger partial charge >= 0.3 is 0 Å². The van der Waals surface area contributed by atoms with Crippen LogP contribution in [0.3, 0.4) is 0 Å². The normalized spacial score (nSPS) is 16.4. The third-order valence-corrected chi connectivity index (χ3v) is 5.24. The molecular weight excluding hydrogens is 412 g/mol. The van der Waals surface area contributed by atoms with Crippen LogP contribution in [0.25, 0.3) is 6.08 Å². The van der Waals surface area contributed by atoms with Crippen molar-refractivity contribution in [3.63, 3.8) is 0 Å². The van der Waals surface area contributed by atoms with Crippen molar-refractivity contribution in [1.29, 1.82) is 0 Å². The summed E-state index contributed by atoms with van der Waals surface area (Å²) in [5.74, 6) is -0.122. The third kappa shape index (κ3) is 4.12. The van der Waals surface area contributed by atoms with Gasteiger partial charge in [-0.15, -0.1) is 0 Å². The summed E-state index contributed by atoms with van der Waals surface area (Å²) in [6.07, 6.45) is 4.12. The topological polar surface area (TPSA) is 32.7 Å². The highest BCUT2D eigenvalue weighted by atomic mass is 79.9. The highest BCUT2D eigenvalue weighted by Crippen LogP contribution is 2.33. The first-order valence-corrected chi connectivity index (χ1v) is 9.95.